The zero-order chi connectivity index (χ0) is 24.5. The van der Waals surface area contributed by atoms with E-state index in [0.717, 1.165) is 30.5 Å². The van der Waals surface area contributed by atoms with Crippen LogP contribution in [0.15, 0.2) is 18.2 Å². The Morgan fingerprint density at radius 3 is 3.00 bits per heavy atom. The number of ether oxygens (including phenoxy) is 3. The van der Waals surface area contributed by atoms with Crippen LogP contribution in [0.25, 0.3) is 0 Å². The van der Waals surface area contributed by atoms with Crippen LogP contribution in [-0.2, 0) is 22.4 Å². The van der Waals surface area contributed by atoms with E-state index < -0.39 is 6.09 Å². The van der Waals surface area contributed by atoms with E-state index in [1.807, 2.05) is 6.07 Å². The van der Waals surface area contributed by atoms with Gasteiger partial charge in [-0.3, -0.25) is 9.69 Å². The molecule has 0 radical (unpaired) electrons. The predicted octanol–water partition coefficient (Wildman–Crippen LogP) is 1.61. The molecule has 2 unspecified atom stereocenters. The van der Waals surface area contributed by atoms with Crippen molar-refractivity contribution in [2.75, 3.05) is 50.1 Å². The summed E-state index contributed by atoms with van der Waals surface area (Å²) in [6, 6.07) is 5.59. The number of aromatic nitrogens is 2. The maximum Gasteiger partial charge on any atom is 0.415 e. The van der Waals surface area contributed by atoms with Crippen LogP contribution in [0.4, 0.5) is 16.4 Å². The van der Waals surface area contributed by atoms with Crippen molar-refractivity contribution >= 4 is 35.2 Å². The Morgan fingerprint density at radius 2 is 2.17 bits per heavy atom. The highest BCUT2D eigenvalue weighted by molar-refractivity contribution is 6.30. The van der Waals surface area contributed by atoms with Crippen LogP contribution >= 0.6 is 11.6 Å². The number of hydrogen-bond donors (Lipinski definition) is 2. The molecule has 1 saturated heterocycles. The van der Waals surface area contributed by atoms with E-state index in [0.29, 0.717) is 54.5 Å². The lowest BCUT2D eigenvalue weighted by Crippen LogP contribution is -2.35. The molecule has 1 fully saturated rings. The van der Waals surface area contributed by atoms with Crippen LogP contribution in [0.1, 0.15) is 17.5 Å². The Labute approximate surface area is 207 Å². The molecule has 0 bridgehead atoms. The molecule has 35 heavy (non-hydrogen) atoms. The number of rotatable bonds is 8. The van der Waals surface area contributed by atoms with Gasteiger partial charge in [0.25, 0.3) is 5.91 Å². The van der Waals surface area contributed by atoms with E-state index in [4.69, 9.17) is 31.5 Å². The normalized spacial score (nSPS) is 20.9. The molecule has 3 aliphatic rings. The number of carbonyl (C=O) groups is 2. The van der Waals surface area contributed by atoms with E-state index in [9.17, 15) is 9.59 Å². The number of pyridine rings is 2. The lowest BCUT2D eigenvalue weighted by atomic mass is 10.1. The summed E-state index contributed by atoms with van der Waals surface area (Å²) in [6.45, 7) is 1.89. The molecule has 1 aliphatic carbocycles. The third-order valence-electron chi connectivity index (χ3n) is 6.44. The van der Waals surface area contributed by atoms with Crippen molar-refractivity contribution in [3.8, 4) is 11.6 Å². The quantitative estimate of drug-likeness (QED) is 0.516. The van der Waals surface area contributed by atoms with Crippen LogP contribution in [0.3, 0.4) is 0 Å². The van der Waals surface area contributed by atoms with E-state index in [1.54, 1.807) is 12.1 Å². The maximum atomic E-state index is 12.5. The number of likely N-dealkylation sites (N-methyl/N-ethyl adjacent to an activating group) is 1. The Hall–Kier alpha value is -3.15. The molecular weight excluding hydrogens is 476 g/mol. The minimum atomic E-state index is -0.454. The molecule has 186 valence electrons. The summed E-state index contributed by atoms with van der Waals surface area (Å²) in [5.41, 5.74) is 7.70. The fourth-order valence-electron chi connectivity index (χ4n) is 4.57. The Kier molecular flexibility index (Phi) is 6.63. The first kappa shape index (κ1) is 23.6. The molecule has 2 atom stereocenters. The number of nitrogens with zero attached hydrogens (tertiary/aromatic N) is 4. The van der Waals surface area contributed by atoms with Gasteiger partial charge in [0, 0.05) is 25.2 Å². The number of amides is 2. The molecule has 3 N–H and O–H groups in total. The predicted molar refractivity (Wildman–Crippen MR) is 128 cm³/mol. The lowest BCUT2D eigenvalue weighted by molar-refractivity contribution is -0.118. The first-order valence-electron chi connectivity index (χ1n) is 11.5. The van der Waals surface area contributed by atoms with Gasteiger partial charge in [0.1, 0.15) is 23.7 Å². The van der Waals surface area contributed by atoms with E-state index in [1.165, 1.54) is 4.90 Å². The van der Waals surface area contributed by atoms with Crippen LogP contribution in [0.2, 0.25) is 5.15 Å². The Balaban J connectivity index is 1.16. The largest absolute Gasteiger partial charge is 0.480 e. The van der Waals surface area contributed by atoms with Gasteiger partial charge >= 0.3 is 6.09 Å². The third-order valence-corrected chi connectivity index (χ3v) is 6.76. The van der Waals surface area contributed by atoms with Gasteiger partial charge in [-0.25, -0.2) is 14.8 Å². The summed E-state index contributed by atoms with van der Waals surface area (Å²) < 4.78 is 16.5. The molecule has 12 heteroatoms. The molecule has 2 aliphatic heterocycles. The topological polar surface area (TPSA) is 132 Å². The Morgan fingerprint density at radius 1 is 1.31 bits per heavy atom. The van der Waals surface area contributed by atoms with E-state index >= 15 is 0 Å². The van der Waals surface area contributed by atoms with Crippen LogP contribution < -0.4 is 25.4 Å². The minimum Gasteiger partial charge on any atom is -0.480 e. The van der Waals surface area contributed by atoms with Crippen LogP contribution in [0.5, 0.6) is 11.6 Å². The van der Waals surface area contributed by atoms with Gasteiger partial charge in [-0.15, -0.1) is 0 Å². The number of hydrogen-bond acceptors (Lipinski definition) is 9. The first-order valence-corrected chi connectivity index (χ1v) is 11.9. The summed E-state index contributed by atoms with van der Waals surface area (Å²) in [4.78, 5) is 36.5. The van der Waals surface area contributed by atoms with Crippen LogP contribution in [0, 0.1) is 0 Å². The zero-order valence-electron chi connectivity index (χ0n) is 19.3. The number of nitrogens with one attached hydrogen (secondary N) is 1. The highest BCUT2D eigenvalue weighted by Gasteiger charge is 2.35. The van der Waals surface area contributed by atoms with Crippen molar-refractivity contribution in [2.24, 2.45) is 5.73 Å². The number of carbonyl (C=O) groups excluding carboxylic acids is 2. The zero-order valence-corrected chi connectivity index (χ0v) is 20.1. The minimum absolute atomic E-state index is 0.0482. The second kappa shape index (κ2) is 9.84. The molecule has 0 saturated carbocycles. The molecule has 0 spiro atoms. The number of nitrogens with two attached hydrogens (primary N) is 1. The molecule has 4 heterocycles. The Bertz CT molecular complexity index is 1150. The third kappa shape index (κ3) is 4.97. The number of anilines is 2. The monoisotopic (exact) mass is 502 g/mol. The van der Waals surface area contributed by atoms with Gasteiger partial charge in [0.15, 0.2) is 18.2 Å². The second-order valence-corrected chi connectivity index (χ2v) is 9.18. The molecule has 0 aromatic carbocycles. The molecule has 2 aromatic rings. The summed E-state index contributed by atoms with van der Waals surface area (Å²) in [5.74, 6) is 1.42. The van der Waals surface area contributed by atoms with Gasteiger partial charge in [-0.1, -0.05) is 11.6 Å². The smallest absolute Gasteiger partial charge is 0.415 e. The van der Waals surface area contributed by atoms with Gasteiger partial charge in [0.2, 0.25) is 5.88 Å². The molecule has 2 aromatic heterocycles. The van der Waals surface area contributed by atoms with E-state index in [-0.39, 0.29) is 24.7 Å². The number of fused-ring (bicyclic) bond motifs is 2. The van der Waals surface area contributed by atoms with Crippen molar-refractivity contribution in [1.82, 2.24) is 14.9 Å². The fourth-order valence-corrected chi connectivity index (χ4v) is 4.85. The van der Waals surface area contributed by atoms with Gasteiger partial charge in [-0.05, 0) is 49.6 Å². The van der Waals surface area contributed by atoms with Crippen molar-refractivity contribution in [2.45, 2.75) is 31.4 Å². The second-order valence-electron chi connectivity index (χ2n) is 8.83. The van der Waals surface area contributed by atoms with Crippen molar-refractivity contribution in [3.05, 3.63) is 34.5 Å². The van der Waals surface area contributed by atoms with Crippen LogP contribution in [-0.4, -0.2) is 78.9 Å². The number of halogens is 1. The van der Waals surface area contributed by atoms with Gasteiger partial charge in [0.05, 0.1) is 6.54 Å². The molecule has 5 rings (SSSR count). The average molecular weight is 503 g/mol. The van der Waals surface area contributed by atoms with Gasteiger partial charge < -0.3 is 30.2 Å². The molecule has 2 amide bonds. The average Bonchev–Trinajstić information content (AvgIpc) is 3.44. The molecular formula is C23H27ClN6O5. The summed E-state index contributed by atoms with van der Waals surface area (Å²) in [5, 5.41) is 3.14. The highest BCUT2D eigenvalue weighted by Crippen LogP contribution is 2.33. The summed E-state index contributed by atoms with van der Waals surface area (Å²) >= 11 is 6.41. The fraction of sp³-hybridized carbons (Fsp3) is 0.478. The SMILES string of the molecule is CN(CCC1CN(c2ccc3c(n2)NC(=O)CO3)C(=O)O1)C1Cc2cc(OCCN)nc(Cl)c2C1. The lowest BCUT2D eigenvalue weighted by Gasteiger charge is -2.25. The first-order chi connectivity index (χ1) is 16.9. The van der Waals surface area contributed by atoms with Crippen molar-refractivity contribution in [3.63, 3.8) is 0 Å². The molecule has 11 nitrogen and oxygen atoms in total. The number of cyclic esters (lactones) is 1. The highest BCUT2D eigenvalue weighted by atomic mass is 35.5. The summed E-state index contributed by atoms with van der Waals surface area (Å²) in [6.07, 6.45) is 1.60. The standard InChI is InChI=1S/C23H27ClN6O5/c1-29(14-8-13-9-20(33-7-5-25)28-21(24)16(13)10-14)6-4-15-11-30(23(32)35-15)18-3-2-17-22(26-18)27-19(31)12-34-17/h2-3,9,14-15H,4-8,10-12,25H2,1H3,(H,26,27,31). The van der Waals surface area contributed by atoms with Crippen molar-refractivity contribution < 1.29 is 23.8 Å². The summed E-state index contributed by atoms with van der Waals surface area (Å²) in [7, 11) is 2.06. The maximum absolute atomic E-state index is 12.5. The van der Waals surface area contributed by atoms with Gasteiger partial charge in [-0.2, -0.15) is 0 Å². The van der Waals surface area contributed by atoms with Crippen molar-refractivity contribution in [1.29, 1.82) is 0 Å². The van der Waals surface area contributed by atoms with E-state index in [2.05, 4.69) is 27.2 Å².